The summed E-state index contributed by atoms with van der Waals surface area (Å²) in [5.74, 6) is 1.61. The predicted molar refractivity (Wildman–Crippen MR) is 67.5 cm³/mol. The number of fused-ring (bicyclic) bond motifs is 3. The molecule has 0 aromatic rings. The van der Waals surface area contributed by atoms with Gasteiger partial charge in [-0.2, -0.15) is 0 Å². The van der Waals surface area contributed by atoms with Gasteiger partial charge in [-0.25, -0.2) is 0 Å². The first-order valence-corrected chi connectivity index (χ1v) is 7.12. The minimum absolute atomic E-state index is 0.0588. The summed E-state index contributed by atoms with van der Waals surface area (Å²) in [5, 5.41) is 21.2. The molecule has 0 bridgehead atoms. The summed E-state index contributed by atoms with van der Waals surface area (Å²) in [7, 11) is 0. The van der Waals surface area contributed by atoms with E-state index in [9.17, 15) is 10.2 Å². The Morgan fingerprint density at radius 2 is 1.65 bits per heavy atom. The van der Waals surface area contributed by atoms with E-state index in [0.717, 1.165) is 25.7 Å². The lowest BCUT2D eigenvalue weighted by atomic mass is 9.68. The second kappa shape index (κ2) is 3.08. The maximum Gasteiger partial charge on any atom is 0.0657 e. The monoisotopic (exact) mass is 238 g/mol. The Morgan fingerprint density at radius 1 is 1.00 bits per heavy atom. The second-order valence-corrected chi connectivity index (χ2v) is 7.89. The van der Waals surface area contributed by atoms with E-state index in [-0.39, 0.29) is 17.4 Å². The van der Waals surface area contributed by atoms with Gasteiger partial charge in [-0.15, -0.1) is 0 Å². The van der Waals surface area contributed by atoms with E-state index in [2.05, 4.69) is 20.8 Å². The highest BCUT2D eigenvalue weighted by atomic mass is 16.3. The van der Waals surface area contributed by atoms with Gasteiger partial charge in [-0.1, -0.05) is 20.8 Å². The molecule has 2 heteroatoms. The highest BCUT2D eigenvalue weighted by Crippen LogP contribution is 2.73. The van der Waals surface area contributed by atoms with Crippen LogP contribution in [0, 0.1) is 28.6 Å². The van der Waals surface area contributed by atoms with Crippen LogP contribution in [-0.4, -0.2) is 21.9 Å². The second-order valence-electron chi connectivity index (χ2n) is 7.89. The maximum atomic E-state index is 10.7. The van der Waals surface area contributed by atoms with Crippen molar-refractivity contribution in [2.75, 3.05) is 0 Å². The molecule has 0 aliphatic heterocycles. The van der Waals surface area contributed by atoms with Crippen molar-refractivity contribution in [3.8, 4) is 0 Å². The Labute approximate surface area is 104 Å². The smallest absolute Gasteiger partial charge is 0.0657 e. The Hall–Kier alpha value is -0.0800. The van der Waals surface area contributed by atoms with Gasteiger partial charge in [0.2, 0.25) is 0 Å². The van der Waals surface area contributed by atoms with Crippen molar-refractivity contribution in [3.05, 3.63) is 0 Å². The third-order valence-electron chi connectivity index (χ3n) is 6.56. The van der Waals surface area contributed by atoms with Crippen LogP contribution in [0.25, 0.3) is 0 Å². The molecule has 3 aliphatic carbocycles. The third kappa shape index (κ3) is 1.34. The molecule has 3 saturated carbocycles. The van der Waals surface area contributed by atoms with E-state index >= 15 is 0 Å². The largest absolute Gasteiger partial charge is 0.393 e. The average Bonchev–Trinajstić information content (AvgIpc) is 2.67. The summed E-state index contributed by atoms with van der Waals surface area (Å²) in [5.41, 5.74) is -0.256. The van der Waals surface area contributed by atoms with Crippen molar-refractivity contribution < 1.29 is 10.2 Å². The van der Waals surface area contributed by atoms with Crippen LogP contribution in [0.3, 0.4) is 0 Å². The summed E-state index contributed by atoms with van der Waals surface area (Å²) in [6.07, 6.45) is 3.68. The van der Waals surface area contributed by atoms with Crippen LogP contribution in [0.4, 0.5) is 0 Å². The number of hydrogen-bond acceptors (Lipinski definition) is 2. The molecule has 0 amide bonds. The van der Waals surface area contributed by atoms with E-state index in [0.29, 0.717) is 17.3 Å². The molecule has 0 spiro atoms. The Kier molecular flexibility index (Phi) is 2.17. The van der Waals surface area contributed by atoms with Gasteiger partial charge in [0.1, 0.15) is 0 Å². The van der Waals surface area contributed by atoms with Gasteiger partial charge in [-0.3, -0.25) is 0 Å². The molecule has 2 N–H and O–H groups in total. The topological polar surface area (TPSA) is 40.5 Å². The molecule has 0 saturated heterocycles. The van der Waals surface area contributed by atoms with Crippen molar-refractivity contribution in [1.29, 1.82) is 0 Å². The SMILES string of the molecule is CC1(C)[C@@H]2[C@H]1CC[C@H](O)[C@@]1(C)CC[C@](C)(O)[C@H]21. The van der Waals surface area contributed by atoms with Gasteiger partial charge in [0.15, 0.2) is 0 Å². The van der Waals surface area contributed by atoms with E-state index < -0.39 is 5.60 Å². The quantitative estimate of drug-likeness (QED) is 0.681. The molecule has 6 atom stereocenters. The Morgan fingerprint density at radius 3 is 2.29 bits per heavy atom. The summed E-state index contributed by atoms with van der Waals surface area (Å²) in [6, 6.07) is 0. The average molecular weight is 238 g/mol. The van der Waals surface area contributed by atoms with Crippen LogP contribution in [-0.2, 0) is 0 Å². The number of aliphatic hydroxyl groups is 2. The number of rotatable bonds is 0. The van der Waals surface area contributed by atoms with Crippen molar-refractivity contribution in [1.82, 2.24) is 0 Å². The molecule has 0 aromatic carbocycles. The molecule has 17 heavy (non-hydrogen) atoms. The molecular formula is C15H26O2. The minimum atomic E-state index is -0.573. The van der Waals surface area contributed by atoms with E-state index in [1.54, 1.807) is 0 Å². The predicted octanol–water partition coefficient (Wildman–Crippen LogP) is 2.58. The van der Waals surface area contributed by atoms with Crippen molar-refractivity contribution in [2.45, 2.75) is 65.1 Å². The lowest BCUT2D eigenvalue weighted by Crippen LogP contribution is -2.44. The zero-order valence-electron chi connectivity index (χ0n) is 11.5. The fraction of sp³-hybridized carbons (Fsp3) is 1.00. The van der Waals surface area contributed by atoms with Gasteiger partial charge in [-0.05, 0) is 61.2 Å². The zero-order valence-corrected chi connectivity index (χ0v) is 11.5. The number of aliphatic hydroxyl groups excluding tert-OH is 1. The molecule has 0 radical (unpaired) electrons. The normalized spacial score (nSPS) is 60.4. The van der Waals surface area contributed by atoms with Gasteiger partial charge in [0.05, 0.1) is 11.7 Å². The molecule has 2 nitrogen and oxygen atoms in total. The summed E-state index contributed by atoms with van der Waals surface area (Å²) >= 11 is 0. The van der Waals surface area contributed by atoms with Crippen LogP contribution in [0.2, 0.25) is 0 Å². The molecule has 3 aliphatic rings. The molecule has 3 rings (SSSR count). The van der Waals surface area contributed by atoms with Crippen molar-refractivity contribution >= 4 is 0 Å². The fourth-order valence-corrected chi connectivity index (χ4v) is 5.38. The van der Waals surface area contributed by atoms with Gasteiger partial charge < -0.3 is 10.2 Å². The first kappa shape index (κ1) is 12.0. The minimum Gasteiger partial charge on any atom is -0.393 e. The lowest BCUT2D eigenvalue weighted by Gasteiger charge is -2.40. The first-order chi connectivity index (χ1) is 7.71. The van der Waals surface area contributed by atoms with Crippen LogP contribution >= 0.6 is 0 Å². The van der Waals surface area contributed by atoms with Crippen LogP contribution in [0.15, 0.2) is 0 Å². The molecule has 98 valence electrons. The molecule has 3 fully saturated rings. The standard InChI is InChI=1S/C15H26O2/c1-13(2)9-5-6-10(16)14(3)7-8-15(4,17)12(14)11(9)13/h9-12,16-17H,5-8H2,1-4H3/t9-,10+,11-,12-,14-,15+/m1/s1. The van der Waals surface area contributed by atoms with Crippen LogP contribution in [0.1, 0.15) is 53.4 Å². The zero-order chi connectivity index (χ0) is 12.6. The first-order valence-electron chi connectivity index (χ1n) is 7.12. The molecular weight excluding hydrogens is 212 g/mol. The van der Waals surface area contributed by atoms with E-state index in [4.69, 9.17) is 0 Å². The van der Waals surface area contributed by atoms with E-state index in [1.807, 2.05) is 6.92 Å². The molecule has 0 aromatic heterocycles. The Balaban J connectivity index is 2.03. The van der Waals surface area contributed by atoms with E-state index in [1.165, 1.54) is 0 Å². The maximum absolute atomic E-state index is 10.7. The fourth-order valence-electron chi connectivity index (χ4n) is 5.38. The van der Waals surface area contributed by atoms with Gasteiger partial charge in [0, 0.05) is 0 Å². The van der Waals surface area contributed by atoms with Crippen LogP contribution < -0.4 is 0 Å². The van der Waals surface area contributed by atoms with Gasteiger partial charge in [0.25, 0.3) is 0 Å². The van der Waals surface area contributed by atoms with Crippen molar-refractivity contribution in [2.24, 2.45) is 28.6 Å². The van der Waals surface area contributed by atoms with Gasteiger partial charge >= 0.3 is 0 Å². The highest BCUT2D eigenvalue weighted by Gasteiger charge is 2.71. The molecule has 0 unspecified atom stereocenters. The van der Waals surface area contributed by atoms with Crippen molar-refractivity contribution in [3.63, 3.8) is 0 Å². The third-order valence-corrected chi connectivity index (χ3v) is 6.56. The number of hydrogen-bond donors (Lipinski definition) is 2. The summed E-state index contributed by atoms with van der Waals surface area (Å²) in [4.78, 5) is 0. The van der Waals surface area contributed by atoms with Crippen LogP contribution in [0.5, 0.6) is 0 Å². The highest BCUT2D eigenvalue weighted by molar-refractivity contribution is 5.19. The molecule has 0 heterocycles. The summed E-state index contributed by atoms with van der Waals surface area (Å²) < 4.78 is 0. The lowest BCUT2D eigenvalue weighted by molar-refractivity contribution is -0.0674. The summed E-state index contributed by atoms with van der Waals surface area (Å²) in [6.45, 7) is 8.89. The Bertz CT molecular complexity index is 347.